The highest BCUT2D eigenvalue weighted by Crippen LogP contribution is 2.19. The lowest BCUT2D eigenvalue weighted by Crippen LogP contribution is -2.51. The lowest BCUT2D eigenvalue weighted by Gasteiger charge is -2.36. The molecule has 0 bridgehead atoms. The number of nitrogens with zero attached hydrogens (tertiary/aromatic N) is 5. The highest BCUT2D eigenvalue weighted by atomic mass is 127. The predicted octanol–water partition coefficient (Wildman–Crippen LogP) is 3.45. The van der Waals surface area contributed by atoms with Gasteiger partial charge in [0.2, 0.25) is 0 Å². The molecule has 2 aromatic rings. The summed E-state index contributed by atoms with van der Waals surface area (Å²) in [5.41, 5.74) is 7.42. The van der Waals surface area contributed by atoms with Gasteiger partial charge >= 0.3 is 0 Å². The van der Waals surface area contributed by atoms with E-state index in [1.807, 2.05) is 24.5 Å². The van der Waals surface area contributed by atoms with Crippen LogP contribution < -0.4 is 10.6 Å². The van der Waals surface area contributed by atoms with Crippen molar-refractivity contribution in [2.75, 3.05) is 31.1 Å². The lowest BCUT2D eigenvalue weighted by molar-refractivity contribution is 0.380. The minimum absolute atomic E-state index is 0. The molecule has 1 aromatic carbocycles. The predicted molar refractivity (Wildman–Crippen MR) is 123 cm³/mol. The molecule has 1 aromatic heterocycles. The molecule has 1 fully saturated rings. The van der Waals surface area contributed by atoms with Gasteiger partial charge in [0.25, 0.3) is 0 Å². The Kier molecular flexibility index (Phi) is 8.22. The summed E-state index contributed by atoms with van der Waals surface area (Å²) in [7, 11) is 0. The fourth-order valence-corrected chi connectivity index (χ4v) is 3.27. The lowest BCUT2D eigenvalue weighted by atomic mass is 10.2. The maximum atomic E-state index is 6.22. The van der Waals surface area contributed by atoms with Crippen molar-refractivity contribution < 1.29 is 0 Å². The SMILES string of the molecule is CC(C)Cn1ccnc1CN=C(N)N1CCN(c2ccc(Cl)cc2)CC1.I. The number of guanidine groups is 1. The van der Waals surface area contributed by atoms with E-state index < -0.39 is 0 Å². The number of hydrogen-bond acceptors (Lipinski definition) is 3. The number of benzene rings is 1. The van der Waals surface area contributed by atoms with E-state index in [9.17, 15) is 0 Å². The molecule has 1 saturated heterocycles. The molecule has 0 amide bonds. The molecule has 2 N–H and O–H groups in total. The normalized spacial score (nSPS) is 15.2. The molecule has 1 aliphatic rings. The van der Waals surface area contributed by atoms with Gasteiger partial charge in [0.15, 0.2) is 5.96 Å². The summed E-state index contributed by atoms with van der Waals surface area (Å²) in [6.45, 7) is 9.41. The molecule has 0 aliphatic carbocycles. The van der Waals surface area contributed by atoms with Gasteiger partial charge in [-0.25, -0.2) is 9.98 Å². The van der Waals surface area contributed by atoms with Crippen LogP contribution in [0.1, 0.15) is 19.7 Å². The molecular formula is C19H28ClIN6. The molecule has 0 unspecified atom stereocenters. The summed E-state index contributed by atoms with van der Waals surface area (Å²) in [5.74, 6) is 2.13. The number of halogens is 2. The first-order valence-corrected chi connectivity index (χ1v) is 9.46. The Hall–Kier alpha value is -1.48. The van der Waals surface area contributed by atoms with E-state index in [0.29, 0.717) is 18.4 Å². The fourth-order valence-electron chi connectivity index (χ4n) is 3.15. The second-order valence-corrected chi connectivity index (χ2v) is 7.45. The third kappa shape index (κ3) is 6.00. The number of piperazine rings is 1. The van der Waals surface area contributed by atoms with Crippen LogP contribution in [0.2, 0.25) is 5.02 Å². The Bertz CT molecular complexity index is 735. The van der Waals surface area contributed by atoms with Gasteiger partial charge in [0.1, 0.15) is 12.4 Å². The molecule has 0 spiro atoms. The first kappa shape index (κ1) is 21.8. The summed E-state index contributed by atoms with van der Waals surface area (Å²) in [5, 5.41) is 0.764. The van der Waals surface area contributed by atoms with Crippen LogP contribution in [0.3, 0.4) is 0 Å². The van der Waals surface area contributed by atoms with E-state index in [1.165, 1.54) is 5.69 Å². The summed E-state index contributed by atoms with van der Waals surface area (Å²) >= 11 is 5.97. The summed E-state index contributed by atoms with van der Waals surface area (Å²) in [6.07, 6.45) is 3.83. The van der Waals surface area contributed by atoms with Gasteiger partial charge in [-0.3, -0.25) is 0 Å². The average Bonchev–Trinajstić information content (AvgIpc) is 3.07. The number of aromatic nitrogens is 2. The third-order valence-corrected chi connectivity index (χ3v) is 4.79. The zero-order valence-electron chi connectivity index (χ0n) is 15.9. The number of rotatable bonds is 5. The zero-order valence-corrected chi connectivity index (χ0v) is 19.0. The largest absolute Gasteiger partial charge is 0.370 e. The molecule has 27 heavy (non-hydrogen) atoms. The van der Waals surface area contributed by atoms with E-state index in [-0.39, 0.29) is 24.0 Å². The van der Waals surface area contributed by atoms with Crippen LogP contribution in [-0.4, -0.2) is 46.6 Å². The standard InChI is InChI=1S/C19H27ClN6.HI/c1-15(2)14-26-8-7-22-18(26)13-23-19(21)25-11-9-24(10-12-25)17-5-3-16(20)4-6-17;/h3-8,15H,9-14H2,1-2H3,(H2,21,23);1H. The molecule has 8 heteroatoms. The van der Waals surface area contributed by atoms with E-state index in [2.05, 4.69) is 50.3 Å². The van der Waals surface area contributed by atoms with E-state index >= 15 is 0 Å². The first-order chi connectivity index (χ1) is 12.5. The molecule has 2 heterocycles. The first-order valence-electron chi connectivity index (χ1n) is 9.08. The second-order valence-electron chi connectivity index (χ2n) is 7.01. The molecule has 0 saturated carbocycles. The summed E-state index contributed by atoms with van der Waals surface area (Å²) in [4.78, 5) is 13.5. The highest BCUT2D eigenvalue weighted by molar-refractivity contribution is 14.0. The van der Waals surface area contributed by atoms with Crippen LogP contribution >= 0.6 is 35.6 Å². The van der Waals surface area contributed by atoms with Gasteiger partial charge in [-0.1, -0.05) is 25.4 Å². The molecule has 6 nitrogen and oxygen atoms in total. The monoisotopic (exact) mass is 502 g/mol. The van der Waals surface area contributed by atoms with Gasteiger partial charge in [-0.2, -0.15) is 0 Å². The van der Waals surface area contributed by atoms with Crippen LogP contribution in [0.15, 0.2) is 41.7 Å². The molecule has 1 aliphatic heterocycles. The minimum atomic E-state index is 0. The Morgan fingerprint density at radius 1 is 1.19 bits per heavy atom. The van der Waals surface area contributed by atoms with Gasteiger partial charge in [-0.15, -0.1) is 24.0 Å². The molecule has 3 rings (SSSR count). The van der Waals surface area contributed by atoms with E-state index in [0.717, 1.165) is 43.6 Å². The summed E-state index contributed by atoms with van der Waals surface area (Å²) < 4.78 is 2.15. The maximum absolute atomic E-state index is 6.22. The zero-order chi connectivity index (χ0) is 18.5. The topological polar surface area (TPSA) is 62.7 Å². The van der Waals surface area contributed by atoms with Crippen molar-refractivity contribution in [3.05, 3.63) is 47.5 Å². The molecular weight excluding hydrogens is 475 g/mol. The van der Waals surface area contributed by atoms with Gasteiger partial charge in [0, 0.05) is 55.8 Å². The fraction of sp³-hybridized carbons (Fsp3) is 0.474. The van der Waals surface area contributed by atoms with Crippen LogP contribution in [0.25, 0.3) is 0 Å². The third-order valence-electron chi connectivity index (χ3n) is 4.54. The van der Waals surface area contributed by atoms with Crippen molar-refractivity contribution in [2.45, 2.75) is 26.9 Å². The second kappa shape index (κ2) is 10.2. The van der Waals surface area contributed by atoms with Crippen LogP contribution in [0.5, 0.6) is 0 Å². The van der Waals surface area contributed by atoms with Crippen LogP contribution in [0.4, 0.5) is 5.69 Å². The van der Waals surface area contributed by atoms with Crippen molar-refractivity contribution in [1.29, 1.82) is 0 Å². The average molecular weight is 503 g/mol. The molecule has 0 atom stereocenters. The number of hydrogen-bond donors (Lipinski definition) is 1. The number of anilines is 1. The summed E-state index contributed by atoms with van der Waals surface area (Å²) in [6, 6.07) is 7.98. The van der Waals surface area contributed by atoms with E-state index in [1.54, 1.807) is 0 Å². The van der Waals surface area contributed by atoms with Crippen LogP contribution in [0, 0.1) is 5.92 Å². The minimum Gasteiger partial charge on any atom is -0.370 e. The van der Waals surface area contributed by atoms with Crippen molar-refractivity contribution in [3.63, 3.8) is 0 Å². The smallest absolute Gasteiger partial charge is 0.191 e. The van der Waals surface area contributed by atoms with Crippen molar-refractivity contribution in [2.24, 2.45) is 16.6 Å². The van der Waals surface area contributed by atoms with Gasteiger partial charge in [-0.05, 0) is 30.2 Å². The highest BCUT2D eigenvalue weighted by Gasteiger charge is 2.18. The van der Waals surface area contributed by atoms with Crippen molar-refractivity contribution >= 4 is 47.2 Å². The molecule has 148 valence electrons. The van der Waals surface area contributed by atoms with Gasteiger partial charge < -0.3 is 20.1 Å². The maximum Gasteiger partial charge on any atom is 0.191 e. The Morgan fingerprint density at radius 2 is 1.85 bits per heavy atom. The van der Waals surface area contributed by atoms with Gasteiger partial charge in [0.05, 0.1) is 0 Å². The quantitative estimate of drug-likeness (QED) is 0.386. The Balaban J connectivity index is 0.00000261. The van der Waals surface area contributed by atoms with Crippen molar-refractivity contribution in [1.82, 2.24) is 14.5 Å². The van der Waals surface area contributed by atoms with E-state index in [4.69, 9.17) is 17.3 Å². The molecule has 0 radical (unpaired) electrons. The van der Waals surface area contributed by atoms with Crippen LogP contribution in [-0.2, 0) is 13.1 Å². The number of aliphatic imine (C=N–C) groups is 1. The number of imidazole rings is 1. The number of nitrogens with two attached hydrogens (primary N) is 1. The van der Waals surface area contributed by atoms with Crippen molar-refractivity contribution in [3.8, 4) is 0 Å². The Morgan fingerprint density at radius 3 is 2.48 bits per heavy atom. The Labute approximate surface area is 183 Å².